The Labute approximate surface area is 101 Å². The molecule has 17 heavy (non-hydrogen) atoms. The van der Waals surface area contributed by atoms with E-state index in [-0.39, 0.29) is 18.4 Å². The number of aromatic nitrogens is 2. The van der Waals surface area contributed by atoms with Crippen LogP contribution in [-0.2, 0) is 11.2 Å². The first kappa shape index (κ1) is 11.6. The van der Waals surface area contributed by atoms with Crippen LogP contribution in [-0.4, -0.2) is 21.0 Å². The summed E-state index contributed by atoms with van der Waals surface area (Å²) in [5, 5.41) is 9.42. The third-order valence-electron chi connectivity index (χ3n) is 2.29. The summed E-state index contributed by atoms with van der Waals surface area (Å²) in [6.07, 6.45) is 0.130. The molecule has 1 aromatic heterocycles. The molecule has 0 spiro atoms. The number of fused-ring (bicyclic) bond motifs is 1. The minimum absolute atomic E-state index is 0.0674. The molecule has 0 saturated carbocycles. The zero-order valence-corrected chi connectivity index (χ0v) is 9.49. The summed E-state index contributed by atoms with van der Waals surface area (Å²) in [5.41, 5.74) is 0.205. The van der Waals surface area contributed by atoms with Gasteiger partial charge in [0.2, 0.25) is 0 Å². The van der Waals surface area contributed by atoms with Gasteiger partial charge < -0.3 is 10.1 Å². The fourth-order valence-corrected chi connectivity index (χ4v) is 1.68. The van der Waals surface area contributed by atoms with Gasteiger partial charge in [0.15, 0.2) is 0 Å². The number of aryl methyl sites for hydroxylation is 1. The summed E-state index contributed by atoms with van der Waals surface area (Å²) < 4.78 is 0. The maximum Gasteiger partial charge on any atom is 0.303 e. The Morgan fingerprint density at radius 3 is 2.94 bits per heavy atom. The number of carboxylic acid groups (broad SMARTS) is 1. The molecule has 0 atom stereocenters. The Morgan fingerprint density at radius 1 is 1.47 bits per heavy atom. The van der Waals surface area contributed by atoms with Crippen LogP contribution in [0.15, 0.2) is 23.0 Å². The molecular weight excluding hydrogens is 244 g/mol. The van der Waals surface area contributed by atoms with Crippen molar-refractivity contribution in [3.05, 3.63) is 39.4 Å². The van der Waals surface area contributed by atoms with Gasteiger partial charge in [0.1, 0.15) is 5.82 Å². The van der Waals surface area contributed by atoms with E-state index in [4.69, 9.17) is 16.7 Å². The van der Waals surface area contributed by atoms with Crippen LogP contribution in [0.5, 0.6) is 0 Å². The highest BCUT2D eigenvalue weighted by Gasteiger charge is 2.06. The van der Waals surface area contributed by atoms with Gasteiger partial charge in [-0.25, -0.2) is 4.98 Å². The molecule has 0 unspecified atom stereocenters. The van der Waals surface area contributed by atoms with Crippen LogP contribution in [0.25, 0.3) is 10.9 Å². The van der Waals surface area contributed by atoms with Crippen LogP contribution in [0.1, 0.15) is 12.2 Å². The molecule has 88 valence electrons. The maximum absolute atomic E-state index is 11.7. The molecule has 0 fully saturated rings. The van der Waals surface area contributed by atoms with Gasteiger partial charge in [-0.2, -0.15) is 0 Å². The third-order valence-corrected chi connectivity index (χ3v) is 2.53. The largest absolute Gasteiger partial charge is 0.481 e. The molecule has 1 heterocycles. The first-order chi connectivity index (χ1) is 8.06. The highest BCUT2D eigenvalue weighted by atomic mass is 35.5. The lowest BCUT2D eigenvalue weighted by Crippen LogP contribution is -2.13. The molecule has 6 heteroatoms. The standard InChI is InChI=1S/C11H9ClN2O3/c12-6-1-2-8-7(5-6)11(17)14-9(13-8)3-4-10(15)16/h1-2,5H,3-4H2,(H,15,16)(H,13,14,17). The Kier molecular flexibility index (Phi) is 3.10. The van der Waals surface area contributed by atoms with Crippen LogP contribution < -0.4 is 5.56 Å². The summed E-state index contributed by atoms with van der Waals surface area (Å²) in [6, 6.07) is 4.80. The summed E-state index contributed by atoms with van der Waals surface area (Å²) in [4.78, 5) is 28.8. The lowest BCUT2D eigenvalue weighted by atomic mass is 10.2. The molecule has 0 amide bonds. The number of rotatable bonds is 3. The summed E-state index contributed by atoms with van der Waals surface area (Å²) >= 11 is 5.77. The van der Waals surface area contributed by atoms with Crippen LogP contribution in [0.2, 0.25) is 5.02 Å². The third kappa shape index (κ3) is 2.62. The van der Waals surface area contributed by atoms with E-state index in [0.717, 1.165) is 0 Å². The molecule has 1 aromatic carbocycles. The number of hydrogen-bond acceptors (Lipinski definition) is 3. The minimum atomic E-state index is -0.927. The highest BCUT2D eigenvalue weighted by molar-refractivity contribution is 6.31. The second-order valence-electron chi connectivity index (χ2n) is 3.57. The summed E-state index contributed by atoms with van der Waals surface area (Å²) in [5.74, 6) is -0.559. The molecule has 2 N–H and O–H groups in total. The smallest absolute Gasteiger partial charge is 0.303 e. The molecule has 0 radical (unpaired) electrons. The van der Waals surface area contributed by atoms with Gasteiger partial charge in [-0.3, -0.25) is 9.59 Å². The van der Waals surface area contributed by atoms with Gasteiger partial charge in [0, 0.05) is 11.4 Å². The van der Waals surface area contributed by atoms with E-state index >= 15 is 0 Å². The summed E-state index contributed by atoms with van der Waals surface area (Å²) in [7, 11) is 0. The van der Waals surface area contributed by atoms with Crippen LogP contribution in [0.4, 0.5) is 0 Å². The molecular formula is C11H9ClN2O3. The number of carboxylic acids is 1. The monoisotopic (exact) mass is 252 g/mol. The van der Waals surface area contributed by atoms with Crippen molar-refractivity contribution in [1.82, 2.24) is 9.97 Å². The Balaban J connectivity index is 2.45. The predicted molar refractivity (Wildman–Crippen MR) is 63.3 cm³/mol. The Morgan fingerprint density at radius 2 is 2.24 bits per heavy atom. The first-order valence-corrected chi connectivity index (χ1v) is 5.34. The van der Waals surface area contributed by atoms with Gasteiger partial charge >= 0.3 is 5.97 Å². The Hall–Kier alpha value is -1.88. The van der Waals surface area contributed by atoms with Gasteiger partial charge in [-0.05, 0) is 18.2 Å². The molecule has 0 aliphatic heterocycles. The molecule has 0 aliphatic rings. The van der Waals surface area contributed by atoms with Crippen molar-refractivity contribution in [2.24, 2.45) is 0 Å². The molecule has 0 saturated heterocycles. The van der Waals surface area contributed by atoms with E-state index in [1.807, 2.05) is 0 Å². The van der Waals surface area contributed by atoms with Gasteiger partial charge in [0.05, 0.1) is 17.3 Å². The number of nitrogens with one attached hydrogen (secondary N) is 1. The van der Waals surface area contributed by atoms with Crippen molar-refractivity contribution < 1.29 is 9.90 Å². The average Bonchev–Trinajstić information content (AvgIpc) is 2.27. The number of nitrogens with zero attached hydrogens (tertiary/aromatic N) is 1. The first-order valence-electron chi connectivity index (χ1n) is 4.96. The number of aromatic amines is 1. The number of carbonyl (C=O) groups is 1. The zero-order valence-electron chi connectivity index (χ0n) is 8.74. The fourth-order valence-electron chi connectivity index (χ4n) is 1.50. The quantitative estimate of drug-likeness (QED) is 0.869. The van der Waals surface area contributed by atoms with E-state index in [1.54, 1.807) is 12.1 Å². The second kappa shape index (κ2) is 4.55. The number of benzene rings is 1. The molecule has 2 rings (SSSR count). The lowest BCUT2D eigenvalue weighted by molar-refractivity contribution is -0.137. The van der Waals surface area contributed by atoms with Crippen LogP contribution in [0.3, 0.4) is 0 Å². The van der Waals surface area contributed by atoms with Crippen molar-refractivity contribution >= 4 is 28.5 Å². The number of hydrogen-bond donors (Lipinski definition) is 2. The van der Waals surface area contributed by atoms with Crippen LogP contribution >= 0.6 is 11.6 Å². The van der Waals surface area contributed by atoms with Crippen molar-refractivity contribution in [1.29, 1.82) is 0 Å². The van der Waals surface area contributed by atoms with E-state index < -0.39 is 5.97 Å². The number of H-pyrrole nitrogens is 1. The molecule has 2 aromatic rings. The SMILES string of the molecule is O=C(O)CCc1nc2ccc(Cl)cc2c(=O)[nH]1. The average molecular weight is 253 g/mol. The zero-order chi connectivity index (χ0) is 12.4. The van der Waals surface area contributed by atoms with E-state index in [1.165, 1.54) is 6.07 Å². The number of halogens is 1. The number of aliphatic carboxylic acids is 1. The minimum Gasteiger partial charge on any atom is -0.481 e. The van der Waals surface area contributed by atoms with Gasteiger partial charge in [-0.15, -0.1) is 0 Å². The van der Waals surface area contributed by atoms with Gasteiger partial charge in [-0.1, -0.05) is 11.6 Å². The predicted octanol–water partition coefficient (Wildman–Crippen LogP) is 1.59. The normalized spacial score (nSPS) is 10.6. The lowest BCUT2D eigenvalue weighted by Gasteiger charge is -2.01. The molecule has 5 nitrogen and oxygen atoms in total. The van der Waals surface area contributed by atoms with Gasteiger partial charge in [0.25, 0.3) is 5.56 Å². The second-order valence-corrected chi connectivity index (χ2v) is 4.00. The van der Waals surface area contributed by atoms with E-state index in [2.05, 4.69) is 9.97 Å². The van der Waals surface area contributed by atoms with Crippen molar-refractivity contribution in [3.63, 3.8) is 0 Å². The highest BCUT2D eigenvalue weighted by Crippen LogP contribution is 2.14. The van der Waals surface area contributed by atoms with E-state index in [0.29, 0.717) is 21.7 Å². The topological polar surface area (TPSA) is 83.0 Å². The molecule has 0 bridgehead atoms. The molecule has 0 aliphatic carbocycles. The van der Waals surface area contributed by atoms with Crippen LogP contribution in [0, 0.1) is 0 Å². The van der Waals surface area contributed by atoms with Crippen molar-refractivity contribution in [3.8, 4) is 0 Å². The van der Waals surface area contributed by atoms with Crippen molar-refractivity contribution in [2.45, 2.75) is 12.8 Å². The summed E-state index contributed by atoms with van der Waals surface area (Å²) in [6.45, 7) is 0. The fraction of sp³-hybridized carbons (Fsp3) is 0.182. The maximum atomic E-state index is 11.7. The van der Waals surface area contributed by atoms with E-state index in [9.17, 15) is 9.59 Å². The Bertz CT molecular complexity index is 636. The van der Waals surface area contributed by atoms with Crippen molar-refractivity contribution in [2.75, 3.05) is 0 Å².